The van der Waals surface area contributed by atoms with Gasteiger partial charge in [-0.2, -0.15) is 0 Å². The highest BCUT2D eigenvalue weighted by Gasteiger charge is 2.15. The van der Waals surface area contributed by atoms with E-state index in [0.717, 1.165) is 5.75 Å². The van der Waals surface area contributed by atoms with Gasteiger partial charge in [0.05, 0.1) is 6.21 Å². The molecule has 1 rings (SSSR count). The van der Waals surface area contributed by atoms with Gasteiger partial charge in [0.25, 0.3) is 0 Å². The average molecular weight is 234 g/mol. The second-order valence-electron chi connectivity index (χ2n) is 4.07. The summed E-state index contributed by atoms with van der Waals surface area (Å²) in [4.78, 5) is 5.21. The smallest absolute Gasteiger partial charge is 0.129 e. The van der Waals surface area contributed by atoms with E-state index in [4.69, 9.17) is 15.5 Å². The van der Waals surface area contributed by atoms with E-state index < -0.39 is 9.24 Å². The number of oxime groups is 1. The molecule has 2 nitrogen and oxygen atoms in total. The summed E-state index contributed by atoms with van der Waals surface area (Å²) in [7, 11) is 5.04. The molecule has 0 aromatic heterocycles. The Morgan fingerprint density at radius 3 is 2.43 bits per heavy atom. The van der Waals surface area contributed by atoms with Gasteiger partial charge in [-0.15, -0.1) is 9.24 Å². The third-order valence-corrected chi connectivity index (χ3v) is 4.33. The van der Waals surface area contributed by atoms with Crippen LogP contribution in [0.4, 0.5) is 0 Å². The summed E-state index contributed by atoms with van der Waals surface area (Å²) < 4.78 is 0. The van der Waals surface area contributed by atoms with Gasteiger partial charge in [0.2, 0.25) is 0 Å². The molecule has 14 heavy (non-hydrogen) atoms. The van der Waals surface area contributed by atoms with E-state index in [-0.39, 0.29) is 5.60 Å². The quantitative estimate of drug-likeness (QED) is 0.537. The van der Waals surface area contributed by atoms with Crippen LogP contribution in [-0.2, 0) is 4.84 Å². The molecule has 1 heterocycles. The Morgan fingerprint density at radius 1 is 1.36 bits per heavy atom. The minimum absolute atomic E-state index is 0.229. The van der Waals surface area contributed by atoms with Gasteiger partial charge in [-0.1, -0.05) is 28.0 Å². The van der Waals surface area contributed by atoms with Crippen LogP contribution in [0.25, 0.3) is 0 Å². The van der Waals surface area contributed by atoms with Crippen LogP contribution >= 0.6 is 19.9 Å². The summed E-state index contributed by atoms with van der Waals surface area (Å²) in [6.07, 6.45) is 5.69. The summed E-state index contributed by atoms with van der Waals surface area (Å²) in [5, 5.41) is 7.95. The highest BCUT2D eigenvalue weighted by molar-refractivity contribution is 8.55. The molecule has 0 aromatic rings. The molecule has 4 heteroatoms. The topological polar surface area (TPSA) is 21.6 Å². The van der Waals surface area contributed by atoms with Crippen molar-refractivity contribution < 1.29 is 4.84 Å². The third-order valence-electron chi connectivity index (χ3n) is 1.45. The third kappa shape index (κ3) is 4.20. The molecule has 0 unspecified atom stereocenters. The molecular formula is C10H16ClNOS. The molecule has 0 saturated carbocycles. The summed E-state index contributed by atoms with van der Waals surface area (Å²) in [6, 6.07) is 0. The first-order valence-corrected chi connectivity index (χ1v) is 7.22. The zero-order valence-electron chi connectivity index (χ0n) is 8.74. The molecular weight excluding hydrogens is 218 g/mol. The Kier molecular flexibility index (Phi) is 3.67. The van der Waals surface area contributed by atoms with Gasteiger partial charge in [-0.3, -0.25) is 0 Å². The van der Waals surface area contributed by atoms with Crippen molar-refractivity contribution in [2.24, 2.45) is 5.16 Å². The first-order chi connectivity index (χ1) is 6.41. The molecule has 0 aromatic carbocycles. The predicted molar refractivity (Wildman–Crippen MR) is 65.9 cm³/mol. The van der Waals surface area contributed by atoms with Crippen LogP contribution in [0.15, 0.2) is 28.1 Å². The molecule has 0 aliphatic carbocycles. The van der Waals surface area contributed by atoms with Gasteiger partial charge in [0.15, 0.2) is 0 Å². The number of halogens is 1. The molecule has 0 fully saturated rings. The summed E-state index contributed by atoms with van der Waals surface area (Å²) in [5.74, 6) is 0.734. The van der Waals surface area contributed by atoms with Crippen LogP contribution in [0.1, 0.15) is 20.8 Å². The minimum atomic E-state index is -1.24. The van der Waals surface area contributed by atoms with Crippen LogP contribution in [0, 0.1) is 0 Å². The molecule has 0 radical (unpaired) electrons. The van der Waals surface area contributed by atoms with E-state index in [0.29, 0.717) is 0 Å². The van der Waals surface area contributed by atoms with E-state index in [2.05, 4.69) is 5.16 Å². The van der Waals surface area contributed by atoms with E-state index in [1.165, 1.54) is 0 Å². The summed E-state index contributed by atoms with van der Waals surface area (Å²) in [5.41, 5.74) is -0.229. The molecule has 0 bridgehead atoms. The highest BCUT2D eigenvalue weighted by atomic mass is 35.7. The number of hydrogen-bond acceptors (Lipinski definition) is 2. The Hall–Kier alpha value is -0.410. The zero-order valence-corrected chi connectivity index (χ0v) is 10.3. The normalized spacial score (nSPS) is 21.7. The fourth-order valence-electron chi connectivity index (χ4n) is 0.848. The lowest BCUT2D eigenvalue weighted by Gasteiger charge is -2.20. The van der Waals surface area contributed by atoms with Crippen LogP contribution in [0.3, 0.4) is 0 Å². The van der Waals surface area contributed by atoms with Gasteiger partial charge in [0, 0.05) is 5.75 Å². The van der Waals surface area contributed by atoms with Gasteiger partial charge < -0.3 is 4.84 Å². The van der Waals surface area contributed by atoms with Crippen molar-refractivity contribution >= 4 is 26.1 Å². The van der Waals surface area contributed by atoms with E-state index >= 15 is 0 Å². The van der Waals surface area contributed by atoms with Crippen LogP contribution in [0.2, 0.25) is 0 Å². The fraction of sp³-hybridized carbons (Fsp3) is 0.500. The first kappa shape index (κ1) is 11.7. The lowest BCUT2D eigenvalue weighted by Crippen LogP contribution is -2.15. The SMILES string of the molecule is CC(C)(C)O/N=C/CS1(Cl)C=CC=C1. The standard InChI is InChI=1S/C10H16ClNOS/c1-10(2,3)13-12-6-9-14(11)7-4-5-8-14/h4-8H,9H2,1-3H3/b12-6+. The van der Waals surface area contributed by atoms with Crippen LogP contribution in [-0.4, -0.2) is 17.6 Å². The average Bonchev–Trinajstić information content (AvgIpc) is 2.45. The maximum absolute atomic E-state index is 6.28. The fourth-order valence-corrected chi connectivity index (χ4v) is 2.68. The molecule has 1 aliphatic rings. The van der Waals surface area contributed by atoms with E-state index in [1.807, 2.05) is 43.7 Å². The monoisotopic (exact) mass is 233 g/mol. The summed E-state index contributed by atoms with van der Waals surface area (Å²) >= 11 is 0. The van der Waals surface area contributed by atoms with Crippen molar-refractivity contribution in [2.75, 3.05) is 5.75 Å². The molecule has 0 spiro atoms. The Morgan fingerprint density at radius 2 is 1.93 bits per heavy atom. The molecule has 0 saturated heterocycles. The van der Waals surface area contributed by atoms with Crippen molar-refractivity contribution in [1.82, 2.24) is 0 Å². The Balaban J connectivity index is 2.34. The van der Waals surface area contributed by atoms with Gasteiger partial charge in [-0.25, -0.2) is 0 Å². The van der Waals surface area contributed by atoms with Crippen LogP contribution < -0.4 is 0 Å². The van der Waals surface area contributed by atoms with Crippen molar-refractivity contribution in [3.8, 4) is 0 Å². The maximum Gasteiger partial charge on any atom is 0.129 e. The number of hydrogen-bond donors (Lipinski definition) is 0. The van der Waals surface area contributed by atoms with Crippen molar-refractivity contribution in [1.29, 1.82) is 0 Å². The molecule has 0 amide bonds. The van der Waals surface area contributed by atoms with E-state index in [1.54, 1.807) is 6.21 Å². The lowest BCUT2D eigenvalue weighted by atomic mass is 10.2. The summed E-state index contributed by atoms with van der Waals surface area (Å²) in [6.45, 7) is 5.88. The van der Waals surface area contributed by atoms with Crippen molar-refractivity contribution in [3.05, 3.63) is 23.0 Å². The lowest BCUT2D eigenvalue weighted by molar-refractivity contribution is 0.00184. The number of allylic oxidation sites excluding steroid dienone is 2. The number of rotatable bonds is 3. The molecule has 0 atom stereocenters. The second-order valence-corrected chi connectivity index (χ2v) is 8.19. The van der Waals surface area contributed by atoms with Gasteiger partial charge in [0.1, 0.15) is 5.60 Å². The Labute approximate surface area is 91.5 Å². The first-order valence-electron chi connectivity index (χ1n) is 4.47. The minimum Gasteiger partial charge on any atom is -0.390 e. The molecule has 0 N–H and O–H groups in total. The second kappa shape index (κ2) is 4.41. The van der Waals surface area contributed by atoms with Gasteiger partial charge in [-0.05, 0) is 31.6 Å². The predicted octanol–water partition coefficient (Wildman–Crippen LogP) is 3.79. The van der Waals surface area contributed by atoms with Gasteiger partial charge >= 0.3 is 0 Å². The molecule has 1 aliphatic heterocycles. The highest BCUT2D eigenvalue weighted by Crippen LogP contribution is 2.57. The van der Waals surface area contributed by atoms with E-state index in [9.17, 15) is 0 Å². The maximum atomic E-state index is 6.28. The van der Waals surface area contributed by atoms with Crippen LogP contribution in [0.5, 0.6) is 0 Å². The van der Waals surface area contributed by atoms with Crippen molar-refractivity contribution in [2.45, 2.75) is 26.4 Å². The van der Waals surface area contributed by atoms with Crippen molar-refractivity contribution in [3.63, 3.8) is 0 Å². The molecule has 80 valence electrons. The zero-order chi connectivity index (χ0) is 10.7. The number of nitrogens with zero attached hydrogens (tertiary/aromatic N) is 1. The Bertz CT molecular complexity index is 266. The largest absolute Gasteiger partial charge is 0.390 e.